The Balaban J connectivity index is 1.64. The summed E-state index contributed by atoms with van der Waals surface area (Å²) < 4.78 is 70.2. The Morgan fingerprint density at radius 1 is 1.11 bits per heavy atom. The van der Waals surface area contributed by atoms with Gasteiger partial charge < -0.3 is 15.0 Å². The van der Waals surface area contributed by atoms with Gasteiger partial charge in [-0.2, -0.15) is 18.3 Å². The van der Waals surface area contributed by atoms with E-state index in [1.54, 1.807) is 57.2 Å². The summed E-state index contributed by atoms with van der Waals surface area (Å²) >= 11 is 0. The van der Waals surface area contributed by atoms with Crippen molar-refractivity contribution >= 4 is 33.5 Å². The number of piperidine rings is 1. The van der Waals surface area contributed by atoms with Crippen molar-refractivity contribution in [3.63, 3.8) is 0 Å². The van der Waals surface area contributed by atoms with E-state index in [9.17, 15) is 36.0 Å². The third kappa shape index (κ3) is 8.38. The summed E-state index contributed by atoms with van der Waals surface area (Å²) in [5.41, 5.74) is -1.38. The fraction of sp³-hybridized carbons (Fsp3) is 0.500. The maximum Gasteiger partial charge on any atom is 0.408 e. The number of pyridine rings is 1. The predicted octanol–water partition coefficient (Wildman–Crippen LogP) is 3.53. The lowest BCUT2D eigenvalue weighted by Crippen LogP contribution is -2.59. The number of hydrogen-bond acceptors (Lipinski definition) is 8. The molecule has 15 heteroatoms. The van der Waals surface area contributed by atoms with Crippen LogP contribution in [-0.2, 0) is 37.0 Å². The number of nitrogens with one attached hydrogen (secondary N) is 1. The van der Waals surface area contributed by atoms with Crippen molar-refractivity contribution in [3.05, 3.63) is 59.9 Å². The summed E-state index contributed by atoms with van der Waals surface area (Å²) in [6, 6.07) is 10.1. The minimum Gasteiger partial charge on any atom is -0.444 e. The average molecular weight is 652 g/mol. The van der Waals surface area contributed by atoms with Crippen molar-refractivity contribution in [2.45, 2.75) is 69.2 Å². The summed E-state index contributed by atoms with van der Waals surface area (Å²) in [5.74, 6) is -1.49. The molecular formula is C30H36F3N5O6S. The van der Waals surface area contributed by atoms with Crippen LogP contribution < -0.4 is 5.32 Å². The van der Waals surface area contributed by atoms with Crippen LogP contribution in [0.5, 0.6) is 0 Å². The molecule has 1 unspecified atom stereocenters. The highest BCUT2D eigenvalue weighted by atomic mass is 32.2. The van der Waals surface area contributed by atoms with Crippen molar-refractivity contribution in [1.29, 1.82) is 0 Å². The van der Waals surface area contributed by atoms with Crippen LogP contribution in [-0.4, -0.2) is 90.6 Å². The van der Waals surface area contributed by atoms with Crippen LogP contribution in [0.3, 0.4) is 0 Å². The molecule has 4 rings (SSSR count). The van der Waals surface area contributed by atoms with Gasteiger partial charge in [0.05, 0.1) is 10.6 Å². The standard InChI is InChI=1S/C30H36F3N5O6S/c1-28(2,3)44-27(41)35-22(13-12-20-9-5-6-11-23(20)45(4,42)43)25(39)37-16-14-24-29(18-37,17-21-10-7-8-15-34-21)26(40)38(36-24)19-30(31,32)33/h5-11,15,22H,12-14,16-19H2,1-4H3,(H,35,41)/t22?,29-/m1/s1. The van der Waals surface area contributed by atoms with Crippen molar-refractivity contribution < 1.29 is 40.7 Å². The molecule has 11 nitrogen and oxygen atoms in total. The van der Waals surface area contributed by atoms with Crippen molar-refractivity contribution in [2.75, 3.05) is 25.9 Å². The molecule has 0 spiro atoms. The average Bonchev–Trinajstić information content (AvgIpc) is 3.18. The number of fused-ring (bicyclic) bond motifs is 1. The summed E-state index contributed by atoms with van der Waals surface area (Å²) in [4.78, 5) is 46.2. The van der Waals surface area contributed by atoms with E-state index in [0.717, 1.165) is 6.26 Å². The van der Waals surface area contributed by atoms with Gasteiger partial charge in [0, 0.05) is 44.1 Å². The molecule has 1 aromatic heterocycles. The fourth-order valence-electron chi connectivity index (χ4n) is 5.56. The second-order valence-electron chi connectivity index (χ2n) is 12.2. The number of aryl methyl sites for hydroxylation is 1. The zero-order valence-corrected chi connectivity index (χ0v) is 26.2. The molecule has 2 atom stereocenters. The predicted molar refractivity (Wildman–Crippen MR) is 158 cm³/mol. The zero-order valence-electron chi connectivity index (χ0n) is 25.4. The first-order valence-corrected chi connectivity index (χ1v) is 16.2. The number of nitrogens with zero attached hydrogens (tertiary/aromatic N) is 4. The zero-order chi connectivity index (χ0) is 33.2. The number of rotatable bonds is 9. The van der Waals surface area contributed by atoms with Crippen LogP contribution >= 0.6 is 0 Å². The topological polar surface area (TPSA) is 138 Å². The summed E-state index contributed by atoms with van der Waals surface area (Å²) in [6.07, 6.45) is -3.01. The third-order valence-corrected chi connectivity index (χ3v) is 8.63. The Bertz CT molecular complexity index is 1580. The van der Waals surface area contributed by atoms with E-state index >= 15 is 0 Å². The highest BCUT2D eigenvalue weighted by Crippen LogP contribution is 2.39. The van der Waals surface area contributed by atoms with Crippen LogP contribution in [0.2, 0.25) is 0 Å². The normalized spacial score (nSPS) is 19.5. The maximum atomic E-state index is 14.1. The first-order valence-electron chi connectivity index (χ1n) is 14.3. The van der Waals surface area contributed by atoms with Gasteiger partial charge in [-0.1, -0.05) is 24.3 Å². The molecule has 0 radical (unpaired) electrons. The van der Waals surface area contributed by atoms with Gasteiger partial charge in [-0.15, -0.1) is 0 Å². The minimum atomic E-state index is -4.69. The molecule has 0 aliphatic carbocycles. The van der Waals surface area contributed by atoms with Crippen LogP contribution in [0.15, 0.2) is 58.7 Å². The summed E-state index contributed by atoms with van der Waals surface area (Å²) in [7, 11) is -3.59. The first-order chi connectivity index (χ1) is 20.9. The summed E-state index contributed by atoms with van der Waals surface area (Å²) in [6.45, 7) is 3.11. The lowest BCUT2D eigenvalue weighted by Gasteiger charge is -2.40. The van der Waals surface area contributed by atoms with Gasteiger partial charge in [0.15, 0.2) is 9.84 Å². The molecule has 2 aromatic rings. The SMILES string of the molecule is CC(C)(C)OC(=O)NC(CCc1ccccc1S(C)(=O)=O)C(=O)N1CCC2=NN(CC(F)(F)F)C(=O)[C@]2(Cc2ccccn2)C1. The van der Waals surface area contributed by atoms with E-state index < -0.39 is 57.5 Å². The van der Waals surface area contributed by atoms with Crippen LogP contribution in [0.4, 0.5) is 18.0 Å². The molecule has 2 aliphatic heterocycles. The quantitative estimate of drug-likeness (QED) is 0.438. The van der Waals surface area contributed by atoms with Gasteiger partial charge in [0.2, 0.25) is 5.91 Å². The molecule has 1 saturated heterocycles. The Kier molecular flexibility index (Phi) is 9.61. The van der Waals surface area contributed by atoms with E-state index in [1.807, 2.05) is 0 Å². The lowest BCUT2D eigenvalue weighted by atomic mass is 9.74. The molecule has 0 bridgehead atoms. The Labute approximate surface area is 259 Å². The number of carbonyl (C=O) groups is 3. The number of carbonyl (C=O) groups excluding carboxylic acids is 3. The van der Waals surface area contributed by atoms with Gasteiger partial charge in [0.25, 0.3) is 5.91 Å². The van der Waals surface area contributed by atoms with E-state index in [-0.39, 0.29) is 49.4 Å². The molecule has 0 saturated carbocycles. The van der Waals surface area contributed by atoms with Gasteiger partial charge in [0.1, 0.15) is 23.6 Å². The van der Waals surface area contributed by atoms with E-state index in [2.05, 4.69) is 15.4 Å². The highest BCUT2D eigenvalue weighted by molar-refractivity contribution is 7.90. The third-order valence-electron chi connectivity index (χ3n) is 7.43. The molecule has 45 heavy (non-hydrogen) atoms. The molecule has 244 valence electrons. The number of sulfone groups is 1. The largest absolute Gasteiger partial charge is 0.444 e. The molecule has 1 N–H and O–H groups in total. The van der Waals surface area contributed by atoms with Crippen LogP contribution in [0, 0.1) is 5.41 Å². The number of ether oxygens (including phenoxy) is 1. The van der Waals surface area contributed by atoms with Gasteiger partial charge in [-0.05, 0) is 57.4 Å². The molecule has 2 aliphatic rings. The molecule has 1 fully saturated rings. The number of aromatic nitrogens is 1. The van der Waals surface area contributed by atoms with Gasteiger partial charge in [-0.25, -0.2) is 18.2 Å². The smallest absolute Gasteiger partial charge is 0.408 e. The first kappa shape index (κ1) is 33.9. The van der Waals surface area contributed by atoms with Gasteiger partial charge >= 0.3 is 12.3 Å². The molecular weight excluding hydrogens is 615 g/mol. The number of likely N-dealkylation sites (tertiary alicyclic amines) is 1. The number of amides is 3. The monoisotopic (exact) mass is 651 g/mol. The van der Waals surface area contributed by atoms with Crippen LogP contribution in [0.1, 0.15) is 44.9 Å². The molecule has 1 aromatic carbocycles. The van der Waals surface area contributed by atoms with E-state index in [0.29, 0.717) is 16.3 Å². The van der Waals surface area contributed by atoms with Crippen molar-refractivity contribution in [1.82, 2.24) is 20.2 Å². The Hall–Kier alpha value is -4.01. The Morgan fingerprint density at radius 3 is 2.42 bits per heavy atom. The second kappa shape index (κ2) is 12.8. The highest BCUT2D eigenvalue weighted by Gasteiger charge is 2.56. The van der Waals surface area contributed by atoms with E-state index in [1.165, 1.54) is 17.2 Å². The number of hydrazone groups is 1. The maximum absolute atomic E-state index is 14.1. The molecule has 3 heterocycles. The van der Waals surface area contributed by atoms with E-state index in [4.69, 9.17) is 4.74 Å². The second-order valence-corrected chi connectivity index (χ2v) is 14.2. The van der Waals surface area contributed by atoms with Crippen molar-refractivity contribution in [3.8, 4) is 0 Å². The number of halogens is 3. The number of benzene rings is 1. The lowest BCUT2D eigenvalue weighted by molar-refractivity contribution is -0.164. The number of alkyl halides is 3. The molecule has 3 amide bonds. The van der Waals surface area contributed by atoms with Crippen LogP contribution in [0.25, 0.3) is 0 Å². The Morgan fingerprint density at radius 2 is 1.80 bits per heavy atom. The number of hydrogen-bond donors (Lipinski definition) is 1. The van der Waals surface area contributed by atoms with Crippen molar-refractivity contribution in [2.24, 2.45) is 10.5 Å². The number of alkyl carbamates (subject to hydrolysis) is 1. The fourth-order valence-corrected chi connectivity index (χ4v) is 6.53. The van der Waals surface area contributed by atoms with Gasteiger partial charge in [-0.3, -0.25) is 14.6 Å². The minimum absolute atomic E-state index is 0.0226. The summed E-state index contributed by atoms with van der Waals surface area (Å²) in [5, 5.41) is 7.04.